The fourth-order valence-electron chi connectivity index (χ4n) is 2.09. The van der Waals surface area contributed by atoms with Crippen molar-refractivity contribution < 1.29 is 5.11 Å². The Morgan fingerprint density at radius 3 is 2.65 bits per heavy atom. The van der Waals surface area contributed by atoms with Gasteiger partial charge in [-0.1, -0.05) is 37.1 Å². The number of hydrogen-bond acceptors (Lipinski definition) is 2. The van der Waals surface area contributed by atoms with Crippen molar-refractivity contribution in [3.63, 3.8) is 0 Å². The molecule has 0 heterocycles. The minimum Gasteiger partial charge on any atom is -0.396 e. The molecular formula is C15H25NO. The lowest BCUT2D eigenvalue weighted by molar-refractivity contribution is 0.251. The standard InChI is InChI=1S/C15H25NO/c1-4-14(7-8-17)10-16-11-15-6-5-12(2)9-13(15)3/h5-6,9,14,16-17H,4,7-8,10-11H2,1-3H3. The van der Waals surface area contributed by atoms with Crippen LogP contribution < -0.4 is 5.32 Å². The third-order valence-electron chi connectivity index (χ3n) is 3.36. The summed E-state index contributed by atoms with van der Waals surface area (Å²) in [6.07, 6.45) is 2.02. The van der Waals surface area contributed by atoms with Crippen molar-refractivity contribution in [3.8, 4) is 0 Å². The molecule has 0 amide bonds. The van der Waals surface area contributed by atoms with E-state index in [4.69, 9.17) is 5.11 Å². The lowest BCUT2D eigenvalue weighted by Crippen LogP contribution is -2.23. The first-order chi connectivity index (χ1) is 8.17. The zero-order valence-electron chi connectivity index (χ0n) is 11.3. The van der Waals surface area contributed by atoms with Crippen molar-refractivity contribution in [2.24, 2.45) is 5.92 Å². The van der Waals surface area contributed by atoms with Gasteiger partial charge in [-0.3, -0.25) is 0 Å². The molecule has 0 radical (unpaired) electrons. The van der Waals surface area contributed by atoms with Gasteiger partial charge in [0.25, 0.3) is 0 Å². The largest absolute Gasteiger partial charge is 0.396 e. The number of nitrogens with one attached hydrogen (secondary N) is 1. The van der Waals surface area contributed by atoms with Gasteiger partial charge in [-0.2, -0.15) is 0 Å². The van der Waals surface area contributed by atoms with Gasteiger partial charge >= 0.3 is 0 Å². The second-order valence-corrected chi connectivity index (χ2v) is 4.85. The molecule has 1 atom stereocenters. The summed E-state index contributed by atoms with van der Waals surface area (Å²) in [4.78, 5) is 0. The molecule has 0 fully saturated rings. The Kier molecular flexibility index (Phi) is 6.23. The van der Waals surface area contributed by atoms with Crippen LogP contribution in [0.25, 0.3) is 0 Å². The third-order valence-corrected chi connectivity index (χ3v) is 3.36. The van der Waals surface area contributed by atoms with Crippen LogP contribution in [0.5, 0.6) is 0 Å². The number of hydrogen-bond donors (Lipinski definition) is 2. The van der Waals surface area contributed by atoms with Crippen LogP contribution >= 0.6 is 0 Å². The average Bonchev–Trinajstić information content (AvgIpc) is 2.30. The number of aryl methyl sites for hydroxylation is 2. The maximum atomic E-state index is 8.93. The van der Waals surface area contributed by atoms with Gasteiger partial charge in [0.2, 0.25) is 0 Å². The highest BCUT2D eigenvalue weighted by atomic mass is 16.3. The average molecular weight is 235 g/mol. The number of aliphatic hydroxyl groups is 1. The lowest BCUT2D eigenvalue weighted by atomic mass is 10.0. The molecule has 0 spiro atoms. The predicted octanol–water partition coefficient (Wildman–Crippen LogP) is 2.80. The molecule has 2 nitrogen and oxygen atoms in total. The van der Waals surface area contributed by atoms with Crippen molar-refractivity contribution in [1.29, 1.82) is 0 Å². The summed E-state index contributed by atoms with van der Waals surface area (Å²) in [5.41, 5.74) is 4.04. The van der Waals surface area contributed by atoms with Gasteiger partial charge in [0, 0.05) is 13.2 Å². The predicted molar refractivity (Wildman–Crippen MR) is 73.1 cm³/mol. The fraction of sp³-hybridized carbons (Fsp3) is 0.600. The van der Waals surface area contributed by atoms with Gasteiger partial charge in [0.05, 0.1) is 0 Å². The number of benzene rings is 1. The zero-order valence-corrected chi connectivity index (χ0v) is 11.3. The molecule has 2 N–H and O–H groups in total. The van der Waals surface area contributed by atoms with E-state index in [2.05, 4.69) is 44.3 Å². The summed E-state index contributed by atoms with van der Waals surface area (Å²) in [5.74, 6) is 0.589. The van der Waals surface area contributed by atoms with Gasteiger partial charge < -0.3 is 10.4 Å². The molecule has 1 rings (SSSR count). The third kappa shape index (κ3) is 4.88. The van der Waals surface area contributed by atoms with Crippen molar-refractivity contribution in [2.75, 3.05) is 13.2 Å². The molecule has 0 bridgehead atoms. The lowest BCUT2D eigenvalue weighted by Gasteiger charge is -2.15. The Morgan fingerprint density at radius 2 is 2.06 bits per heavy atom. The van der Waals surface area contributed by atoms with Crippen LogP contribution in [-0.4, -0.2) is 18.3 Å². The van der Waals surface area contributed by atoms with E-state index < -0.39 is 0 Å². The monoisotopic (exact) mass is 235 g/mol. The fourth-order valence-corrected chi connectivity index (χ4v) is 2.09. The summed E-state index contributed by atoms with van der Waals surface area (Å²) in [6, 6.07) is 6.59. The van der Waals surface area contributed by atoms with Crippen LogP contribution in [0, 0.1) is 19.8 Å². The summed E-state index contributed by atoms with van der Waals surface area (Å²) >= 11 is 0. The molecule has 0 aliphatic rings. The van der Waals surface area contributed by atoms with Crippen molar-refractivity contribution in [2.45, 2.75) is 40.2 Å². The Morgan fingerprint density at radius 1 is 1.29 bits per heavy atom. The molecular weight excluding hydrogens is 210 g/mol. The summed E-state index contributed by atoms with van der Waals surface area (Å²) in [7, 11) is 0. The molecule has 1 unspecified atom stereocenters. The quantitative estimate of drug-likeness (QED) is 0.761. The topological polar surface area (TPSA) is 32.3 Å². The highest BCUT2D eigenvalue weighted by Gasteiger charge is 2.05. The molecule has 1 aromatic rings. The minimum absolute atomic E-state index is 0.295. The summed E-state index contributed by atoms with van der Waals surface area (Å²) in [6.45, 7) is 8.68. The van der Waals surface area contributed by atoms with E-state index in [0.29, 0.717) is 12.5 Å². The van der Waals surface area contributed by atoms with Gasteiger partial charge in [-0.15, -0.1) is 0 Å². The first kappa shape index (κ1) is 14.2. The second kappa shape index (κ2) is 7.46. The molecule has 1 aromatic carbocycles. The van der Waals surface area contributed by atoms with Crippen LogP contribution in [0.4, 0.5) is 0 Å². The number of rotatable bonds is 7. The van der Waals surface area contributed by atoms with E-state index in [1.165, 1.54) is 16.7 Å². The van der Waals surface area contributed by atoms with Crippen molar-refractivity contribution in [1.82, 2.24) is 5.32 Å². The molecule has 0 aromatic heterocycles. The van der Waals surface area contributed by atoms with Gasteiger partial charge in [0.1, 0.15) is 0 Å². The van der Waals surface area contributed by atoms with Crippen molar-refractivity contribution >= 4 is 0 Å². The smallest absolute Gasteiger partial charge is 0.0434 e. The minimum atomic E-state index is 0.295. The molecule has 0 saturated carbocycles. The molecule has 0 aliphatic carbocycles. The van der Waals surface area contributed by atoms with E-state index in [1.807, 2.05) is 0 Å². The van der Waals surface area contributed by atoms with E-state index in [1.54, 1.807) is 0 Å². The highest BCUT2D eigenvalue weighted by Crippen LogP contribution is 2.11. The Balaban J connectivity index is 2.39. The van der Waals surface area contributed by atoms with E-state index >= 15 is 0 Å². The SMILES string of the molecule is CCC(CCO)CNCc1ccc(C)cc1C. The number of aliphatic hydroxyl groups excluding tert-OH is 1. The first-order valence-corrected chi connectivity index (χ1v) is 6.55. The van der Waals surface area contributed by atoms with Gasteiger partial charge in [-0.25, -0.2) is 0 Å². The zero-order chi connectivity index (χ0) is 12.7. The molecule has 0 aliphatic heterocycles. The summed E-state index contributed by atoms with van der Waals surface area (Å²) in [5, 5.41) is 12.4. The maximum absolute atomic E-state index is 8.93. The first-order valence-electron chi connectivity index (χ1n) is 6.55. The van der Waals surface area contributed by atoms with Crippen LogP contribution in [-0.2, 0) is 6.54 Å². The van der Waals surface area contributed by atoms with Gasteiger partial charge in [0.15, 0.2) is 0 Å². The summed E-state index contributed by atoms with van der Waals surface area (Å²) < 4.78 is 0. The van der Waals surface area contributed by atoms with E-state index in [-0.39, 0.29) is 0 Å². The Bertz CT molecular complexity index is 336. The van der Waals surface area contributed by atoms with Crippen LogP contribution in [0.15, 0.2) is 18.2 Å². The second-order valence-electron chi connectivity index (χ2n) is 4.85. The maximum Gasteiger partial charge on any atom is 0.0434 e. The van der Waals surface area contributed by atoms with Crippen LogP contribution in [0.2, 0.25) is 0 Å². The highest BCUT2D eigenvalue weighted by molar-refractivity contribution is 5.30. The Hall–Kier alpha value is -0.860. The molecule has 2 heteroatoms. The van der Waals surface area contributed by atoms with E-state index in [9.17, 15) is 0 Å². The van der Waals surface area contributed by atoms with Crippen LogP contribution in [0.1, 0.15) is 36.5 Å². The molecule has 96 valence electrons. The molecule has 17 heavy (non-hydrogen) atoms. The Labute approximate surface area is 105 Å². The van der Waals surface area contributed by atoms with Crippen LogP contribution in [0.3, 0.4) is 0 Å². The van der Waals surface area contributed by atoms with Crippen molar-refractivity contribution in [3.05, 3.63) is 34.9 Å². The normalized spacial score (nSPS) is 12.7. The van der Waals surface area contributed by atoms with E-state index in [0.717, 1.165) is 25.9 Å². The van der Waals surface area contributed by atoms with Gasteiger partial charge in [-0.05, 0) is 43.9 Å². The molecule has 0 saturated heterocycles.